The molecule has 13 nitrogen and oxygen atoms in total. The summed E-state index contributed by atoms with van der Waals surface area (Å²) in [7, 11) is 0. The zero-order valence-corrected chi connectivity index (χ0v) is 21.9. The molecule has 1 aliphatic rings. The van der Waals surface area contributed by atoms with Gasteiger partial charge < -0.3 is 23.7 Å². The number of nitrogens with one attached hydrogen (secondary N) is 1. The first-order chi connectivity index (χ1) is 18.0. The van der Waals surface area contributed by atoms with Gasteiger partial charge in [0.05, 0.1) is 0 Å². The Morgan fingerprint density at radius 3 is 2.08 bits per heavy atom. The van der Waals surface area contributed by atoms with Crippen molar-refractivity contribution < 1.29 is 42.9 Å². The van der Waals surface area contributed by atoms with Gasteiger partial charge in [-0.25, -0.2) is 4.68 Å². The Hall–Kier alpha value is -3.91. The summed E-state index contributed by atoms with van der Waals surface area (Å²) >= 11 is 5.33. The van der Waals surface area contributed by atoms with E-state index in [1.807, 2.05) is 6.07 Å². The van der Waals surface area contributed by atoms with Gasteiger partial charge in [-0.2, -0.15) is 5.10 Å². The van der Waals surface area contributed by atoms with Crippen LogP contribution in [0.3, 0.4) is 0 Å². The molecule has 1 fully saturated rings. The molecule has 0 amide bonds. The minimum Gasteiger partial charge on any atom is -0.463 e. The number of hydrogen-bond donors (Lipinski definition) is 1. The molecule has 1 aromatic heterocycles. The van der Waals surface area contributed by atoms with Crippen molar-refractivity contribution in [2.45, 2.75) is 64.8 Å². The van der Waals surface area contributed by atoms with Gasteiger partial charge in [-0.1, -0.05) is 30.3 Å². The lowest BCUT2D eigenvalue weighted by atomic mass is 9.97. The average molecular weight is 550 g/mol. The lowest BCUT2D eigenvalue weighted by Gasteiger charge is -2.44. The molecule has 1 aliphatic heterocycles. The van der Waals surface area contributed by atoms with E-state index in [1.54, 1.807) is 24.3 Å². The smallest absolute Gasteiger partial charge is 0.303 e. The van der Waals surface area contributed by atoms with E-state index in [1.165, 1.54) is 6.92 Å². The molecule has 204 valence electrons. The third-order valence-corrected chi connectivity index (χ3v) is 5.63. The summed E-state index contributed by atoms with van der Waals surface area (Å²) in [6.45, 7) is 4.11. The van der Waals surface area contributed by atoms with Gasteiger partial charge in [0.1, 0.15) is 18.4 Å². The fourth-order valence-electron chi connectivity index (χ4n) is 3.93. The molecular formula is C24H27N3O10S. The van der Waals surface area contributed by atoms with Crippen LogP contribution in [0.25, 0.3) is 0 Å². The normalized spacial score (nSPS) is 22.7. The molecule has 3 rings (SSSR count). The summed E-state index contributed by atoms with van der Waals surface area (Å²) in [5, 5.41) is 4.37. The molecule has 0 bridgehead atoms. The molecule has 14 heteroatoms. The molecule has 0 spiro atoms. The highest BCUT2D eigenvalue weighted by Gasteiger charge is 2.53. The summed E-state index contributed by atoms with van der Waals surface area (Å²) in [5.41, 5.74) is 0.314. The quantitative estimate of drug-likeness (QED) is 0.284. The topological polar surface area (TPSA) is 165 Å². The molecule has 0 radical (unpaired) electrons. The van der Waals surface area contributed by atoms with Gasteiger partial charge in [-0.05, 0) is 17.8 Å². The Kier molecular flexibility index (Phi) is 9.47. The highest BCUT2D eigenvalue weighted by Crippen LogP contribution is 2.34. The first kappa shape index (κ1) is 28.7. The summed E-state index contributed by atoms with van der Waals surface area (Å²) in [5.74, 6) is -2.96. The van der Waals surface area contributed by atoms with Crippen molar-refractivity contribution in [3.8, 4) is 0 Å². The summed E-state index contributed by atoms with van der Waals surface area (Å²) in [4.78, 5) is 62.7. The highest BCUT2D eigenvalue weighted by atomic mass is 32.1. The largest absolute Gasteiger partial charge is 0.463 e. The molecule has 1 aromatic carbocycles. The van der Waals surface area contributed by atoms with Crippen LogP contribution < -0.4 is 5.56 Å². The monoisotopic (exact) mass is 549 g/mol. The zero-order valence-electron chi connectivity index (χ0n) is 21.1. The lowest BCUT2D eigenvalue weighted by Crippen LogP contribution is -2.61. The minimum absolute atomic E-state index is 0.0673. The number of H-pyrrole nitrogens is 1. The van der Waals surface area contributed by atoms with Gasteiger partial charge in [0, 0.05) is 34.1 Å². The highest BCUT2D eigenvalue weighted by molar-refractivity contribution is 7.71. The van der Waals surface area contributed by atoms with Crippen molar-refractivity contribution in [3.63, 3.8) is 0 Å². The summed E-state index contributed by atoms with van der Waals surface area (Å²) in [6, 6.07) is 9.05. The Morgan fingerprint density at radius 1 is 0.921 bits per heavy atom. The van der Waals surface area contributed by atoms with Crippen LogP contribution in [-0.2, 0) is 49.3 Å². The Balaban J connectivity index is 2.14. The number of benzene rings is 1. The van der Waals surface area contributed by atoms with Crippen molar-refractivity contribution in [2.24, 2.45) is 0 Å². The maximum absolute atomic E-state index is 12.7. The molecule has 1 N–H and O–H groups in total. The van der Waals surface area contributed by atoms with Crippen LogP contribution in [0.1, 0.15) is 45.2 Å². The fraction of sp³-hybridized carbons (Fsp3) is 0.458. The molecule has 5 atom stereocenters. The number of aromatic nitrogens is 3. The van der Waals surface area contributed by atoms with Gasteiger partial charge in [-0.3, -0.25) is 29.0 Å². The van der Waals surface area contributed by atoms with Crippen molar-refractivity contribution >= 4 is 36.1 Å². The predicted octanol–water partition coefficient (Wildman–Crippen LogP) is 1.15. The number of esters is 4. The zero-order chi connectivity index (χ0) is 28.0. The third kappa shape index (κ3) is 7.32. The number of aromatic amines is 1. The number of rotatable bonds is 8. The van der Waals surface area contributed by atoms with E-state index >= 15 is 0 Å². The molecule has 0 unspecified atom stereocenters. The molecule has 0 aliphatic carbocycles. The van der Waals surface area contributed by atoms with Crippen molar-refractivity contribution in [2.75, 3.05) is 6.61 Å². The summed E-state index contributed by atoms with van der Waals surface area (Å²) in [6.07, 6.45) is -6.61. The molecule has 1 saturated heterocycles. The van der Waals surface area contributed by atoms with E-state index in [0.29, 0.717) is 0 Å². The Morgan fingerprint density at radius 2 is 1.50 bits per heavy atom. The lowest BCUT2D eigenvalue weighted by molar-refractivity contribution is -0.271. The standard InChI is InChI=1S/C24H27N3O10S/c1-12(28)33-11-18-19(34-13(2)29)20(35-14(3)30)21(36-15(4)31)23(37-18)27-24(38)25-22(32)17(26-27)10-16-8-6-5-7-9-16/h5-9,18-21,23H,10-11H2,1-4H3,(H,25,32,38)/t18-,19-,20+,21-,23-/m1/s1. The second kappa shape index (κ2) is 12.6. The summed E-state index contributed by atoms with van der Waals surface area (Å²) < 4.78 is 28.3. The first-order valence-electron chi connectivity index (χ1n) is 11.5. The van der Waals surface area contributed by atoms with Gasteiger partial charge in [0.15, 0.2) is 29.3 Å². The van der Waals surface area contributed by atoms with E-state index in [4.69, 9.17) is 35.9 Å². The number of nitrogens with zero attached hydrogens (tertiary/aromatic N) is 2. The second-order valence-electron chi connectivity index (χ2n) is 8.40. The van der Waals surface area contributed by atoms with Crippen LogP contribution in [0.15, 0.2) is 35.1 Å². The number of ether oxygens (including phenoxy) is 5. The average Bonchev–Trinajstić information content (AvgIpc) is 2.82. The number of carbonyl (C=O) groups excluding carboxylic acids is 4. The van der Waals surface area contributed by atoms with Crippen molar-refractivity contribution in [3.05, 3.63) is 56.7 Å². The van der Waals surface area contributed by atoms with Gasteiger partial charge >= 0.3 is 23.9 Å². The van der Waals surface area contributed by atoms with Crippen LogP contribution in [0.5, 0.6) is 0 Å². The van der Waals surface area contributed by atoms with E-state index in [9.17, 15) is 24.0 Å². The fourth-order valence-corrected chi connectivity index (χ4v) is 4.16. The van der Waals surface area contributed by atoms with Gasteiger partial charge in [-0.15, -0.1) is 0 Å². The van der Waals surface area contributed by atoms with E-state index < -0.39 is 66.7 Å². The van der Waals surface area contributed by atoms with Crippen LogP contribution in [-0.4, -0.2) is 69.7 Å². The van der Waals surface area contributed by atoms with Crippen molar-refractivity contribution in [1.29, 1.82) is 0 Å². The second-order valence-corrected chi connectivity index (χ2v) is 8.79. The number of carbonyl (C=O) groups is 4. The Bertz CT molecular complexity index is 1310. The van der Waals surface area contributed by atoms with E-state index in [-0.39, 0.29) is 16.9 Å². The molecule has 38 heavy (non-hydrogen) atoms. The molecule has 2 heterocycles. The predicted molar refractivity (Wildman–Crippen MR) is 130 cm³/mol. The minimum atomic E-state index is -1.43. The maximum Gasteiger partial charge on any atom is 0.303 e. The van der Waals surface area contributed by atoms with Crippen LogP contribution in [0.2, 0.25) is 0 Å². The number of hydrogen-bond acceptors (Lipinski definition) is 12. The third-order valence-electron chi connectivity index (χ3n) is 5.34. The molecule has 0 saturated carbocycles. The van der Waals surface area contributed by atoms with Crippen LogP contribution >= 0.6 is 12.2 Å². The van der Waals surface area contributed by atoms with Crippen LogP contribution in [0, 0.1) is 4.77 Å². The van der Waals surface area contributed by atoms with Gasteiger partial charge in [0.2, 0.25) is 0 Å². The first-order valence-corrected chi connectivity index (χ1v) is 11.9. The van der Waals surface area contributed by atoms with Gasteiger partial charge in [0.25, 0.3) is 5.56 Å². The molecule has 2 aromatic rings. The Labute approximate surface area is 222 Å². The SMILES string of the molecule is CC(=O)OC[C@H]1O[C@@H](n2nc(Cc3ccccc3)c(=O)[nH]c2=S)[C@H](OC(C)=O)[C@@H](OC(C)=O)[C@@H]1OC(C)=O. The maximum atomic E-state index is 12.7. The van der Waals surface area contributed by atoms with Crippen LogP contribution in [0.4, 0.5) is 0 Å². The van der Waals surface area contributed by atoms with E-state index in [2.05, 4.69) is 10.1 Å². The van der Waals surface area contributed by atoms with E-state index in [0.717, 1.165) is 31.0 Å². The van der Waals surface area contributed by atoms with Crippen molar-refractivity contribution in [1.82, 2.24) is 14.8 Å². The molecular weight excluding hydrogens is 522 g/mol.